The molecule has 1 aliphatic rings. The van der Waals surface area contributed by atoms with Gasteiger partial charge in [-0.05, 0) is 23.8 Å². The fourth-order valence-electron chi connectivity index (χ4n) is 2.31. The number of carbonyl (C=O) groups excluding carboxylic acids is 1. The van der Waals surface area contributed by atoms with Gasteiger partial charge < -0.3 is 14.2 Å². The van der Waals surface area contributed by atoms with E-state index in [0.29, 0.717) is 0 Å². The van der Waals surface area contributed by atoms with Crippen LogP contribution in [0.4, 0.5) is 0 Å². The number of methoxy groups -OCH3 is 1. The van der Waals surface area contributed by atoms with Crippen molar-refractivity contribution in [2.45, 2.75) is 45.6 Å². The smallest absolute Gasteiger partial charge is 0.331 e. The molecule has 1 heterocycles. The van der Waals surface area contributed by atoms with Crippen LogP contribution in [0.3, 0.4) is 0 Å². The van der Waals surface area contributed by atoms with Crippen LogP contribution in [-0.4, -0.2) is 38.1 Å². The van der Waals surface area contributed by atoms with Gasteiger partial charge in [-0.2, -0.15) is 0 Å². The average Bonchev–Trinajstić information content (AvgIpc) is 2.42. The van der Waals surface area contributed by atoms with E-state index in [4.69, 9.17) is 15.0 Å². The number of azide groups is 1. The number of esters is 1. The van der Waals surface area contributed by atoms with Gasteiger partial charge in [0.05, 0.1) is 19.3 Å². The van der Waals surface area contributed by atoms with Gasteiger partial charge in [0.25, 0.3) is 0 Å². The molecule has 0 aromatic carbocycles. The molecule has 0 radical (unpaired) electrons. The van der Waals surface area contributed by atoms with Crippen molar-refractivity contribution in [3.05, 3.63) is 10.4 Å². The standard InChI is InChI=1S/C12H21N3O4/c1-5-9-7(2)8(3)11(14-15-13)12(19-9)18-6-10(16)17-4/h7-9,11-12H,5-6H2,1-4H3/t7-,8-,9?,11?,12?/m0/s1. The van der Waals surface area contributed by atoms with E-state index < -0.39 is 18.3 Å². The van der Waals surface area contributed by atoms with Gasteiger partial charge in [0.15, 0.2) is 6.29 Å². The highest BCUT2D eigenvalue weighted by atomic mass is 16.7. The SMILES string of the molecule is CCC1OC(OCC(=O)OC)C(N=[N+]=[N-])[C@@H](C)[C@@H]1C. The summed E-state index contributed by atoms with van der Waals surface area (Å²) in [4.78, 5) is 14.0. The molecule has 0 aromatic rings. The molecule has 1 fully saturated rings. The minimum atomic E-state index is -0.703. The lowest BCUT2D eigenvalue weighted by Crippen LogP contribution is -2.49. The van der Waals surface area contributed by atoms with Crippen molar-refractivity contribution in [2.75, 3.05) is 13.7 Å². The molecule has 7 nitrogen and oxygen atoms in total. The van der Waals surface area contributed by atoms with Crippen LogP contribution < -0.4 is 0 Å². The summed E-state index contributed by atoms with van der Waals surface area (Å²) in [6, 6.07) is -0.438. The van der Waals surface area contributed by atoms with Gasteiger partial charge in [0.1, 0.15) is 6.61 Å². The summed E-state index contributed by atoms with van der Waals surface area (Å²) in [6.07, 6.45) is 0.168. The highest BCUT2D eigenvalue weighted by Crippen LogP contribution is 2.34. The highest BCUT2D eigenvalue weighted by molar-refractivity contribution is 5.70. The topological polar surface area (TPSA) is 93.5 Å². The van der Waals surface area contributed by atoms with Crippen LogP contribution in [0.5, 0.6) is 0 Å². The van der Waals surface area contributed by atoms with E-state index in [9.17, 15) is 4.79 Å². The van der Waals surface area contributed by atoms with E-state index >= 15 is 0 Å². The molecule has 0 saturated carbocycles. The van der Waals surface area contributed by atoms with E-state index in [2.05, 4.69) is 21.7 Å². The van der Waals surface area contributed by atoms with E-state index in [-0.39, 0.29) is 24.5 Å². The molecule has 1 aliphatic heterocycles. The van der Waals surface area contributed by atoms with Crippen molar-refractivity contribution < 1.29 is 19.0 Å². The maximum Gasteiger partial charge on any atom is 0.331 e. The van der Waals surface area contributed by atoms with Crippen molar-refractivity contribution in [1.29, 1.82) is 0 Å². The van der Waals surface area contributed by atoms with Crippen LogP contribution in [-0.2, 0) is 19.0 Å². The van der Waals surface area contributed by atoms with Crippen molar-refractivity contribution in [1.82, 2.24) is 0 Å². The van der Waals surface area contributed by atoms with Crippen molar-refractivity contribution >= 4 is 5.97 Å². The first-order valence-corrected chi connectivity index (χ1v) is 6.43. The monoisotopic (exact) mass is 271 g/mol. The minimum absolute atomic E-state index is 0.0304. The molecule has 0 bridgehead atoms. The predicted octanol–water partition coefficient (Wildman–Crippen LogP) is 2.26. The lowest BCUT2D eigenvalue weighted by Gasteiger charge is -2.42. The lowest BCUT2D eigenvalue weighted by atomic mass is 9.81. The molecule has 0 amide bonds. The van der Waals surface area contributed by atoms with Crippen LogP contribution in [0.1, 0.15) is 27.2 Å². The molecule has 108 valence electrons. The molecule has 1 rings (SSSR count). The minimum Gasteiger partial charge on any atom is -0.467 e. The molecular weight excluding hydrogens is 250 g/mol. The number of carbonyl (C=O) groups is 1. The molecular formula is C12H21N3O4. The Balaban J connectivity index is 2.78. The van der Waals surface area contributed by atoms with Crippen molar-refractivity contribution in [3.8, 4) is 0 Å². The van der Waals surface area contributed by atoms with Crippen LogP contribution in [0.2, 0.25) is 0 Å². The Bertz CT molecular complexity index is 357. The number of hydrogen-bond acceptors (Lipinski definition) is 5. The van der Waals surface area contributed by atoms with Crippen LogP contribution in [0.15, 0.2) is 5.11 Å². The van der Waals surface area contributed by atoms with E-state index in [1.165, 1.54) is 7.11 Å². The third-order valence-corrected chi connectivity index (χ3v) is 3.72. The van der Waals surface area contributed by atoms with Gasteiger partial charge in [0.2, 0.25) is 0 Å². The summed E-state index contributed by atoms with van der Waals surface area (Å²) in [5, 5.41) is 3.75. The van der Waals surface area contributed by atoms with E-state index in [0.717, 1.165) is 6.42 Å². The Morgan fingerprint density at radius 1 is 1.42 bits per heavy atom. The second kappa shape index (κ2) is 7.33. The maximum absolute atomic E-state index is 11.1. The summed E-state index contributed by atoms with van der Waals surface area (Å²) >= 11 is 0. The molecule has 19 heavy (non-hydrogen) atoms. The Morgan fingerprint density at radius 2 is 2.11 bits per heavy atom. The molecule has 0 N–H and O–H groups in total. The Labute approximate surface area is 112 Å². The number of ether oxygens (including phenoxy) is 3. The molecule has 0 spiro atoms. The molecule has 1 saturated heterocycles. The normalized spacial score (nSPS) is 34.4. The van der Waals surface area contributed by atoms with E-state index in [1.54, 1.807) is 0 Å². The largest absolute Gasteiger partial charge is 0.467 e. The molecule has 0 aliphatic carbocycles. The fourth-order valence-corrected chi connectivity index (χ4v) is 2.31. The zero-order valence-electron chi connectivity index (χ0n) is 11.8. The first-order chi connectivity index (χ1) is 9.04. The second-order valence-electron chi connectivity index (χ2n) is 4.75. The van der Waals surface area contributed by atoms with Gasteiger partial charge >= 0.3 is 5.97 Å². The number of rotatable bonds is 5. The average molecular weight is 271 g/mol. The zero-order valence-corrected chi connectivity index (χ0v) is 11.8. The molecule has 7 heteroatoms. The molecule has 5 atom stereocenters. The Morgan fingerprint density at radius 3 is 2.63 bits per heavy atom. The number of nitrogens with zero attached hydrogens (tertiary/aromatic N) is 3. The van der Waals surface area contributed by atoms with Gasteiger partial charge in [0, 0.05) is 4.91 Å². The number of hydrogen-bond donors (Lipinski definition) is 0. The molecule has 3 unspecified atom stereocenters. The van der Waals surface area contributed by atoms with Crippen molar-refractivity contribution in [2.24, 2.45) is 17.0 Å². The summed E-state index contributed by atoms with van der Waals surface area (Å²) in [5.74, 6) is -0.0988. The first-order valence-electron chi connectivity index (χ1n) is 6.43. The van der Waals surface area contributed by atoms with E-state index in [1.807, 2.05) is 13.8 Å². The third kappa shape index (κ3) is 3.83. The summed E-state index contributed by atoms with van der Waals surface area (Å²) in [5.41, 5.74) is 8.64. The van der Waals surface area contributed by atoms with Crippen LogP contribution >= 0.6 is 0 Å². The first kappa shape index (κ1) is 15.8. The summed E-state index contributed by atoms with van der Waals surface area (Å²) in [7, 11) is 1.29. The fraction of sp³-hybridized carbons (Fsp3) is 0.917. The summed E-state index contributed by atoms with van der Waals surface area (Å²) < 4.78 is 15.7. The predicted molar refractivity (Wildman–Crippen MR) is 68.2 cm³/mol. The lowest BCUT2D eigenvalue weighted by molar-refractivity contribution is -0.232. The summed E-state index contributed by atoms with van der Waals surface area (Å²) in [6.45, 7) is 5.88. The molecule has 0 aromatic heterocycles. The highest BCUT2D eigenvalue weighted by Gasteiger charge is 2.41. The maximum atomic E-state index is 11.1. The quantitative estimate of drug-likeness (QED) is 0.332. The Hall–Kier alpha value is -1.30. The van der Waals surface area contributed by atoms with Crippen LogP contribution in [0.25, 0.3) is 10.4 Å². The Kier molecular flexibility index (Phi) is 6.08. The third-order valence-electron chi connectivity index (χ3n) is 3.72. The second-order valence-corrected chi connectivity index (χ2v) is 4.75. The van der Waals surface area contributed by atoms with Gasteiger partial charge in [-0.25, -0.2) is 4.79 Å². The van der Waals surface area contributed by atoms with Crippen molar-refractivity contribution in [3.63, 3.8) is 0 Å². The van der Waals surface area contributed by atoms with Crippen LogP contribution in [0, 0.1) is 11.8 Å². The zero-order chi connectivity index (χ0) is 14.4. The van der Waals surface area contributed by atoms with Gasteiger partial charge in [-0.15, -0.1) is 0 Å². The van der Waals surface area contributed by atoms with Gasteiger partial charge in [-0.3, -0.25) is 0 Å². The van der Waals surface area contributed by atoms with Gasteiger partial charge in [-0.1, -0.05) is 25.9 Å².